The number of fused-ring (bicyclic) bond motifs is 1. The first-order valence-electron chi connectivity index (χ1n) is 6.78. The van der Waals surface area contributed by atoms with Crippen LogP contribution < -0.4 is 0 Å². The summed E-state index contributed by atoms with van der Waals surface area (Å²) in [5.41, 5.74) is 1.98. The molecule has 4 rings (SSSR count). The van der Waals surface area contributed by atoms with Crippen LogP contribution in [-0.4, -0.2) is 29.4 Å². The Labute approximate surface area is 130 Å². The van der Waals surface area contributed by atoms with E-state index in [0.29, 0.717) is 5.82 Å². The summed E-state index contributed by atoms with van der Waals surface area (Å²) in [6.45, 7) is 0. The van der Waals surface area contributed by atoms with Crippen molar-refractivity contribution in [2.45, 2.75) is 10.8 Å². The predicted octanol–water partition coefficient (Wildman–Crippen LogP) is 2.60. The van der Waals surface area contributed by atoms with Crippen LogP contribution in [0.4, 0.5) is 0 Å². The highest BCUT2D eigenvalue weighted by Gasteiger charge is 2.04. The molecule has 22 heavy (non-hydrogen) atoms. The van der Waals surface area contributed by atoms with Crippen molar-refractivity contribution in [3.63, 3.8) is 0 Å². The Kier molecular flexibility index (Phi) is 3.32. The second kappa shape index (κ2) is 5.61. The Morgan fingerprint density at radius 3 is 2.77 bits per heavy atom. The molecule has 0 amide bonds. The molecular formula is C15H12N6S. The summed E-state index contributed by atoms with van der Waals surface area (Å²) in [5, 5.41) is 13.4. The lowest BCUT2D eigenvalue weighted by Crippen LogP contribution is -1.99. The lowest BCUT2D eigenvalue weighted by molar-refractivity contribution is 0.792. The average Bonchev–Trinajstić information content (AvgIpc) is 3.22. The number of rotatable bonds is 4. The first-order valence-corrected chi connectivity index (χ1v) is 7.76. The molecule has 0 aliphatic carbocycles. The average molecular weight is 308 g/mol. The molecule has 0 unspecified atom stereocenters. The predicted molar refractivity (Wildman–Crippen MR) is 83.9 cm³/mol. The minimum atomic E-state index is 0.710. The smallest absolute Gasteiger partial charge is 0.175 e. The van der Waals surface area contributed by atoms with Crippen LogP contribution in [0.15, 0.2) is 66.2 Å². The fourth-order valence-corrected chi connectivity index (χ4v) is 2.82. The maximum absolute atomic E-state index is 4.57. The summed E-state index contributed by atoms with van der Waals surface area (Å²) in [4.78, 5) is 4.57. The second-order valence-electron chi connectivity index (χ2n) is 4.67. The Hall–Kier alpha value is -2.67. The number of aromatic nitrogens is 6. The Morgan fingerprint density at radius 2 is 2.00 bits per heavy atom. The van der Waals surface area contributed by atoms with Crippen molar-refractivity contribution in [1.82, 2.24) is 29.4 Å². The second-order valence-corrected chi connectivity index (χ2v) is 5.66. The van der Waals surface area contributed by atoms with Gasteiger partial charge in [-0.2, -0.15) is 5.10 Å². The zero-order valence-corrected chi connectivity index (χ0v) is 12.4. The van der Waals surface area contributed by atoms with E-state index in [9.17, 15) is 0 Å². The zero-order chi connectivity index (χ0) is 14.8. The maximum Gasteiger partial charge on any atom is 0.175 e. The highest BCUT2D eigenvalue weighted by atomic mass is 32.2. The van der Waals surface area contributed by atoms with Gasteiger partial charge in [0.1, 0.15) is 10.7 Å². The lowest BCUT2D eigenvalue weighted by atomic mass is 10.5. The molecule has 0 fully saturated rings. The van der Waals surface area contributed by atoms with E-state index in [1.165, 1.54) is 0 Å². The quantitative estimate of drug-likeness (QED) is 0.542. The van der Waals surface area contributed by atoms with Gasteiger partial charge >= 0.3 is 0 Å². The van der Waals surface area contributed by atoms with Gasteiger partial charge in [0.15, 0.2) is 5.82 Å². The van der Waals surface area contributed by atoms with Crippen molar-refractivity contribution in [2.24, 2.45) is 0 Å². The third-order valence-electron chi connectivity index (χ3n) is 3.15. The highest BCUT2D eigenvalue weighted by Crippen LogP contribution is 2.20. The number of imidazole rings is 1. The minimum Gasteiger partial charge on any atom is -0.307 e. The van der Waals surface area contributed by atoms with Gasteiger partial charge in [-0.25, -0.2) is 9.67 Å². The molecule has 0 atom stereocenters. The van der Waals surface area contributed by atoms with Crippen LogP contribution >= 0.6 is 11.8 Å². The molecule has 0 radical (unpaired) electrons. The highest BCUT2D eigenvalue weighted by molar-refractivity contribution is 7.98. The van der Waals surface area contributed by atoms with E-state index < -0.39 is 0 Å². The summed E-state index contributed by atoms with van der Waals surface area (Å²) in [6, 6.07) is 11.7. The number of thioether (sulfide) groups is 1. The van der Waals surface area contributed by atoms with E-state index >= 15 is 0 Å². The fraction of sp³-hybridized carbons (Fsp3) is 0.0667. The van der Waals surface area contributed by atoms with Gasteiger partial charge in [-0.3, -0.25) is 0 Å². The van der Waals surface area contributed by atoms with E-state index in [4.69, 9.17) is 0 Å². The minimum absolute atomic E-state index is 0.710. The summed E-state index contributed by atoms with van der Waals surface area (Å²) in [5.74, 6) is 1.47. The van der Waals surface area contributed by atoms with E-state index in [2.05, 4.69) is 20.3 Å². The van der Waals surface area contributed by atoms with Crippen molar-refractivity contribution in [3.8, 4) is 5.82 Å². The Morgan fingerprint density at radius 1 is 1.00 bits per heavy atom. The molecule has 6 nitrogen and oxygen atoms in total. The molecule has 4 aromatic heterocycles. The van der Waals surface area contributed by atoms with E-state index in [1.54, 1.807) is 22.6 Å². The van der Waals surface area contributed by atoms with Crippen LogP contribution in [0, 0.1) is 0 Å². The third kappa shape index (κ3) is 2.58. The molecule has 0 saturated heterocycles. The monoisotopic (exact) mass is 308 g/mol. The van der Waals surface area contributed by atoms with E-state index in [1.807, 2.05) is 59.4 Å². The SMILES string of the molecule is c1ccn2cc(CSc3ccc(-n4cccn4)nn3)nc2c1. The van der Waals surface area contributed by atoms with Crippen LogP contribution in [0.3, 0.4) is 0 Å². The molecule has 108 valence electrons. The molecule has 4 aromatic rings. The fourth-order valence-electron chi connectivity index (χ4n) is 2.12. The van der Waals surface area contributed by atoms with E-state index in [0.717, 1.165) is 22.1 Å². The molecule has 7 heteroatoms. The van der Waals surface area contributed by atoms with Crippen LogP contribution in [0.2, 0.25) is 0 Å². The molecule has 0 spiro atoms. The molecule has 0 aromatic carbocycles. The van der Waals surface area contributed by atoms with Gasteiger partial charge in [-0.15, -0.1) is 10.2 Å². The van der Waals surface area contributed by atoms with Crippen molar-refractivity contribution in [1.29, 1.82) is 0 Å². The van der Waals surface area contributed by atoms with Crippen molar-refractivity contribution < 1.29 is 0 Å². The molecule has 0 aliphatic rings. The maximum atomic E-state index is 4.57. The topological polar surface area (TPSA) is 60.9 Å². The molecule has 4 heterocycles. The van der Waals surface area contributed by atoms with Gasteiger partial charge in [0.05, 0.1) is 5.69 Å². The number of hydrogen-bond acceptors (Lipinski definition) is 5. The van der Waals surface area contributed by atoms with Gasteiger partial charge in [0.2, 0.25) is 0 Å². The van der Waals surface area contributed by atoms with Crippen LogP contribution in [0.25, 0.3) is 11.5 Å². The number of hydrogen-bond donors (Lipinski definition) is 0. The number of nitrogens with zero attached hydrogens (tertiary/aromatic N) is 6. The summed E-state index contributed by atoms with van der Waals surface area (Å²) >= 11 is 1.62. The number of pyridine rings is 1. The van der Waals surface area contributed by atoms with Gasteiger partial charge in [-0.05, 0) is 30.3 Å². The van der Waals surface area contributed by atoms with Gasteiger partial charge in [0, 0.05) is 30.5 Å². The third-order valence-corrected chi connectivity index (χ3v) is 4.10. The molecule has 0 saturated carbocycles. The Balaban J connectivity index is 1.47. The first kappa shape index (κ1) is 13.0. The summed E-state index contributed by atoms with van der Waals surface area (Å²) in [6.07, 6.45) is 7.59. The van der Waals surface area contributed by atoms with Crippen molar-refractivity contribution in [2.75, 3.05) is 0 Å². The molecule has 0 aliphatic heterocycles. The summed E-state index contributed by atoms with van der Waals surface area (Å²) in [7, 11) is 0. The zero-order valence-electron chi connectivity index (χ0n) is 11.6. The van der Waals surface area contributed by atoms with Crippen LogP contribution in [-0.2, 0) is 5.75 Å². The van der Waals surface area contributed by atoms with Gasteiger partial charge < -0.3 is 4.40 Å². The Bertz CT molecular complexity index is 849. The van der Waals surface area contributed by atoms with Gasteiger partial charge in [0.25, 0.3) is 0 Å². The molecule has 0 bridgehead atoms. The van der Waals surface area contributed by atoms with E-state index in [-0.39, 0.29) is 0 Å². The molecule has 0 N–H and O–H groups in total. The standard InChI is InChI=1S/C15H12N6S/c1-2-8-20-10-12(17-13(20)4-1)11-22-15-6-5-14(18-19-15)21-9-3-7-16-21/h1-10H,11H2. The first-order chi connectivity index (χ1) is 10.9. The largest absolute Gasteiger partial charge is 0.307 e. The van der Waals surface area contributed by atoms with Crippen LogP contribution in [0.1, 0.15) is 5.69 Å². The van der Waals surface area contributed by atoms with Crippen LogP contribution in [0.5, 0.6) is 0 Å². The van der Waals surface area contributed by atoms with Crippen molar-refractivity contribution in [3.05, 3.63) is 66.9 Å². The van der Waals surface area contributed by atoms with Crippen molar-refractivity contribution >= 4 is 17.4 Å². The van der Waals surface area contributed by atoms with Gasteiger partial charge in [-0.1, -0.05) is 17.8 Å². The lowest BCUT2D eigenvalue weighted by Gasteiger charge is -2.01. The normalized spacial score (nSPS) is 11.1. The summed E-state index contributed by atoms with van der Waals surface area (Å²) < 4.78 is 3.70. The molecular weight excluding hydrogens is 296 g/mol.